The molecule has 0 atom stereocenters. The quantitative estimate of drug-likeness (QED) is 0.255. The van der Waals surface area contributed by atoms with E-state index < -0.39 is 11.9 Å². The topological polar surface area (TPSA) is 49.3 Å². The number of alkyl halides is 3. The lowest BCUT2D eigenvalue weighted by Crippen LogP contribution is -2.37. The summed E-state index contributed by atoms with van der Waals surface area (Å²) in [6.45, 7) is 3.57. The molecule has 0 bridgehead atoms. The van der Waals surface area contributed by atoms with Gasteiger partial charge in [0, 0.05) is 18.5 Å². The maximum absolute atomic E-state index is 12.5. The molecule has 0 aromatic carbocycles. The van der Waals surface area contributed by atoms with Crippen LogP contribution in [0, 0.1) is 0 Å². The van der Waals surface area contributed by atoms with Crippen LogP contribution in [0.2, 0.25) is 0 Å². The molecule has 0 aliphatic rings. The summed E-state index contributed by atoms with van der Waals surface area (Å²) in [5.74, 6) is 1.73. The lowest BCUT2D eigenvalue weighted by Gasteiger charge is -2.10. The van der Waals surface area contributed by atoms with Crippen molar-refractivity contribution in [3.63, 3.8) is 0 Å². The second-order valence-corrected chi connectivity index (χ2v) is 6.37. The fraction of sp³-hybridized carbons (Fsp3) is 0.692. The number of thiazole rings is 1. The first-order chi connectivity index (χ1) is 10.5. The van der Waals surface area contributed by atoms with Gasteiger partial charge in [-0.1, -0.05) is 0 Å². The minimum atomic E-state index is -4.39. The van der Waals surface area contributed by atoms with Crippen LogP contribution in [0.4, 0.5) is 13.2 Å². The van der Waals surface area contributed by atoms with Crippen LogP contribution in [0.1, 0.15) is 30.5 Å². The number of nitrogens with zero attached hydrogens (tertiary/aromatic N) is 2. The van der Waals surface area contributed by atoms with E-state index in [4.69, 9.17) is 0 Å². The van der Waals surface area contributed by atoms with Gasteiger partial charge in [-0.3, -0.25) is 0 Å². The van der Waals surface area contributed by atoms with Crippen LogP contribution in [0.25, 0.3) is 0 Å². The van der Waals surface area contributed by atoms with E-state index in [1.165, 1.54) is 0 Å². The van der Waals surface area contributed by atoms with Gasteiger partial charge in [0.15, 0.2) is 11.7 Å². The molecular weight excluding hydrogens is 460 g/mol. The van der Waals surface area contributed by atoms with Gasteiger partial charge in [-0.2, -0.15) is 24.9 Å². The molecule has 0 saturated heterocycles. The van der Waals surface area contributed by atoms with Crippen LogP contribution in [-0.2, 0) is 12.7 Å². The Labute approximate surface area is 160 Å². The highest BCUT2D eigenvalue weighted by Crippen LogP contribution is 2.30. The molecule has 0 aliphatic carbocycles. The van der Waals surface area contributed by atoms with Crippen molar-refractivity contribution in [3.8, 4) is 0 Å². The minimum Gasteiger partial charge on any atom is -0.357 e. The number of guanidine groups is 1. The third kappa shape index (κ3) is 9.60. The highest BCUT2D eigenvalue weighted by Gasteiger charge is 2.33. The normalized spacial score (nSPS) is 12.0. The van der Waals surface area contributed by atoms with Gasteiger partial charge in [-0.05, 0) is 31.8 Å². The number of aliphatic imine (C=N–C) groups is 1. The van der Waals surface area contributed by atoms with Crippen LogP contribution < -0.4 is 10.6 Å². The third-order valence-electron chi connectivity index (χ3n) is 2.63. The molecule has 0 aliphatic heterocycles. The van der Waals surface area contributed by atoms with Crippen LogP contribution >= 0.6 is 47.1 Å². The summed E-state index contributed by atoms with van der Waals surface area (Å²) < 4.78 is 37.4. The summed E-state index contributed by atoms with van der Waals surface area (Å²) in [4.78, 5) is 7.83. The highest BCUT2D eigenvalue weighted by molar-refractivity contribution is 14.0. The lowest BCUT2D eigenvalue weighted by atomic mass is 10.3. The zero-order valence-corrected chi connectivity index (χ0v) is 17.0. The van der Waals surface area contributed by atoms with Crippen molar-refractivity contribution in [1.29, 1.82) is 0 Å². The van der Waals surface area contributed by atoms with Gasteiger partial charge in [0.2, 0.25) is 0 Å². The zero-order valence-electron chi connectivity index (χ0n) is 13.1. The van der Waals surface area contributed by atoms with Gasteiger partial charge in [-0.15, -0.1) is 35.3 Å². The molecule has 0 spiro atoms. The average Bonchev–Trinajstić information content (AvgIpc) is 2.93. The van der Waals surface area contributed by atoms with Gasteiger partial charge in [0.25, 0.3) is 0 Å². The summed E-state index contributed by atoms with van der Waals surface area (Å²) in [6, 6.07) is 0. The molecule has 0 unspecified atom stereocenters. The Morgan fingerprint density at radius 1 is 1.35 bits per heavy atom. The van der Waals surface area contributed by atoms with E-state index in [9.17, 15) is 13.2 Å². The maximum Gasteiger partial charge on any atom is 0.434 e. The molecule has 1 aromatic heterocycles. The molecule has 10 heteroatoms. The van der Waals surface area contributed by atoms with Crippen molar-refractivity contribution in [2.75, 3.05) is 25.1 Å². The van der Waals surface area contributed by atoms with Gasteiger partial charge >= 0.3 is 6.18 Å². The third-order valence-corrected chi connectivity index (χ3v) is 4.16. The Kier molecular flexibility index (Phi) is 12.1. The van der Waals surface area contributed by atoms with E-state index in [1.54, 1.807) is 0 Å². The van der Waals surface area contributed by atoms with Gasteiger partial charge < -0.3 is 10.6 Å². The molecule has 1 rings (SSSR count). The molecule has 134 valence electrons. The predicted octanol–water partition coefficient (Wildman–Crippen LogP) is 3.98. The molecule has 1 aromatic rings. The van der Waals surface area contributed by atoms with E-state index in [1.807, 2.05) is 18.7 Å². The van der Waals surface area contributed by atoms with E-state index >= 15 is 0 Å². The summed E-state index contributed by atoms with van der Waals surface area (Å²) in [6.07, 6.45) is -0.170. The van der Waals surface area contributed by atoms with Gasteiger partial charge in [-0.25, -0.2) is 9.98 Å². The van der Waals surface area contributed by atoms with Crippen LogP contribution in [0.3, 0.4) is 0 Å². The molecule has 0 amide bonds. The van der Waals surface area contributed by atoms with E-state index in [0.717, 1.165) is 41.9 Å². The van der Waals surface area contributed by atoms with Crippen molar-refractivity contribution < 1.29 is 13.2 Å². The number of unbranched alkanes of at least 4 members (excludes halogenated alkanes) is 1. The molecule has 0 radical (unpaired) electrons. The van der Waals surface area contributed by atoms with E-state index in [2.05, 4.69) is 26.9 Å². The van der Waals surface area contributed by atoms with Gasteiger partial charge in [0.05, 0.1) is 6.54 Å². The first-order valence-corrected chi connectivity index (χ1v) is 9.27. The SMILES string of the molecule is CCNC(=NCc1nc(C(F)(F)F)cs1)NCCCCSC.I. The van der Waals surface area contributed by atoms with E-state index in [-0.39, 0.29) is 30.5 Å². The van der Waals surface area contributed by atoms with Crippen molar-refractivity contribution in [3.05, 3.63) is 16.1 Å². The molecule has 2 N–H and O–H groups in total. The molecule has 1 heterocycles. The smallest absolute Gasteiger partial charge is 0.357 e. The summed E-state index contributed by atoms with van der Waals surface area (Å²) in [5, 5.41) is 7.62. The first-order valence-electron chi connectivity index (χ1n) is 7.00. The fourth-order valence-corrected chi connectivity index (χ4v) is 2.80. The number of hydrogen-bond acceptors (Lipinski definition) is 4. The Morgan fingerprint density at radius 3 is 2.65 bits per heavy atom. The van der Waals surface area contributed by atoms with Gasteiger partial charge in [0.1, 0.15) is 5.01 Å². The van der Waals surface area contributed by atoms with Crippen LogP contribution in [0.15, 0.2) is 10.4 Å². The van der Waals surface area contributed by atoms with E-state index in [0.29, 0.717) is 17.5 Å². The standard InChI is InChI=1S/C13H21F3N4S2.HI/c1-3-17-12(18-6-4-5-7-21-2)19-8-11-20-10(9-22-11)13(14,15)16;/h9H,3-8H2,1-2H3,(H2,17,18,19);1H. The lowest BCUT2D eigenvalue weighted by molar-refractivity contribution is -0.140. The van der Waals surface area contributed by atoms with Crippen molar-refractivity contribution in [1.82, 2.24) is 15.6 Å². The zero-order chi connectivity index (χ0) is 16.4. The number of halogens is 4. The monoisotopic (exact) mass is 482 g/mol. The second kappa shape index (κ2) is 12.2. The molecule has 0 fully saturated rings. The van der Waals surface area contributed by atoms with Crippen LogP contribution in [-0.4, -0.2) is 36.0 Å². The number of nitrogens with one attached hydrogen (secondary N) is 2. The van der Waals surface area contributed by atoms with Crippen molar-refractivity contribution in [2.24, 2.45) is 4.99 Å². The molecule has 0 saturated carbocycles. The Balaban J connectivity index is 0.00000484. The fourth-order valence-electron chi connectivity index (χ4n) is 1.58. The van der Waals surface area contributed by atoms with Crippen molar-refractivity contribution in [2.45, 2.75) is 32.5 Å². The second-order valence-electron chi connectivity index (χ2n) is 4.45. The maximum atomic E-state index is 12.5. The highest BCUT2D eigenvalue weighted by atomic mass is 127. The number of thioether (sulfide) groups is 1. The predicted molar refractivity (Wildman–Crippen MR) is 103 cm³/mol. The summed E-state index contributed by atoms with van der Waals surface area (Å²) >= 11 is 2.79. The van der Waals surface area contributed by atoms with Crippen molar-refractivity contribution >= 4 is 53.0 Å². The minimum absolute atomic E-state index is 0. The largest absolute Gasteiger partial charge is 0.434 e. The average molecular weight is 482 g/mol. The number of rotatable bonds is 8. The number of aromatic nitrogens is 1. The molecule has 23 heavy (non-hydrogen) atoms. The first kappa shape index (κ1) is 22.8. The van der Waals surface area contributed by atoms with Crippen LogP contribution in [0.5, 0.6) is 0 Å². The molecular formula is C13H22F3IN4S2. The Bertz CT molecular complexity index is 466. The summed E-state index contributed by atoms with van der Waals surface area (Å²) in [5.41, 5.74) is -0.849. The molecule has 4 nitrogen and oxygen atoms in total. The Hall–Kier alpha value is -0.230. The Morgan fingerprint density at radius 2 is 2.09 bits per heavy atom. The number of hydrogen-bond donors (Lipinski definition) is 2. The summed E-state index contributed by atoms with van der Waals surface area (Å²) in [7, 11) is 0.